The van der Waals surface area contributed by atoms with Gasteiger partial charge in [-0.3, -0.25) is 4.79 Å². The van der Waals surface area contributed by atoms with Gasteiger partial charge in [-0.1, -0.05) is 26.0 Å². The molecule has 0 bridgehead atoms. The Bertz CT molecular complexity index is 626. The van der Waals surface area contributed by atoms with Gasteiger partial charge in [-0.15, -0.1) is 0 Å². The number of rotatable bonds is 6. The normalized spacial score (nSPS) is 10.5. The van der Waals surface area contributed by atoms with E-state index in [1.165, 1.54) is 12.1 Å². The molecule has 0 aliphatic carbocycles. The molecule has 2 aromatic rings. The minimum absolute atomic E-state index is 0.130. The van der Waals surface area contributed by atoms with Crippen LogP contribution in [0.5, 0.6) is 0 Å². The van der Waals surface area contributed by atoms with Gasteiger partial charge in [0.25, 0.3) is 0 Å². The largest absolute Gasteiger partial charge is 0.370 e. The fourth-order valence-electron chi connectivity index (χ4n) is 1.92. The van der Waals surface area contributed by atoms with Gasteiger partial charge in [0.05, 0.1) is 18.3 Å². The quantitative estimate of drug-likeness (QED) is 0.859. The lowest BCUT2D eigenvalue weighted by atomic mass is 10.1. The summed E-state index contributed by atoms with van der Waals surface area (Å²) in [7, 11) is 0. The molecule has 0 saturated heterocycles. The predicted octanol–water partition coefficient (Wildman–Crippen LogP) is 3.47. The molecule has 1 aromatic carbocycles. The second-order valence-electron chi connectivity index (χ2n) is 5.56. The molecule has 1 heterocycles. The Morgan fingerprint density at radius 3 is 2.73 bits per heavy atom. The van der Waals surface area contributed by atoms with Crippen LogP contribution in [0.25, 0.3) is 0 Å². The Labute approximate surface area is 129 Å². The average Bonchev–Trinajstić information content (AvgIpc) is 2.46. The second-order valence-corrected chi connectivity index (χ2v) is 5.56. The molecular formula is C17H20FN3O. The smallest absolute Gasteiger partial charge is 0.228 e. The van der Waals surface area contributed by atoms with Crippen LogP contribution >= 0.6 is 0 Å². The summed E-state index contributed by atoms with van der Waals surface area (Å²) in [5, 5.41) is 5.96. The van der Waals surface area contributed by atoms with Crippen LogP contribution in [0.3, 0.4) is 0 Å². The van der Waals surface area contributed by atoms with Crippen LogP contribution in [0, 0.1) is 11.7 Å². The summed E-state index contributed by atoms with van der Waals surface area (Å²) in [5.74, 6) is 0.770. The van der Waals surface area contributed by atoms with E-state index in [0.29, 0.717) is 17.2 Å². The molecule has 0 fully saturated rings. The third-order valence-corrected chi connectivity index (χ3v) is 2.99. The summed E-state index contributed by atoms with van der Waals surface area (Å²) in [6.07, 6.45) is 1.73. The van der Waals surface area contributed by atoms with E-state index in [-0.39, 0.29) is 18.1 Å². The predicted molar refractivity (Wildman–Crippen MR) is 86.3 cm³/mol. The number of nitrogens with one attached hydrogen (secondary N) is 2. The number of nitrogens with zero attached hydrogens (tertiary/aromatic N) is 1. The Morgan fingerprint density at radius 2 is 2.09 bits per heavy atom. The van der Waals surface area contributed by atoms with Crippen molar-refractivity contribution in [2.45, 2.75) is 20.3 Å². The number of carbonyl (C=O) groups excluding carboxylic acids is 1. The van der Waals surface area contributed by atoms with Gasteiger partial charge in [-0.25, -0.2) is 9.37 Å². The summed E-state index contributed by atoms with van der Waals surface area (Å²) in [5.41, 5.74) is 1.26. The van der Waals surface area contributed by atoms with Gasteiger partial charge < -0.3 is 10.6 Å². The molecule has 0 unspecified atom stereocenters. The number of aromatic nitrogens is 1. The molecule has 0 aliphatic heterocycles. The Morgan fingerprint density at radius 1 is 1.27 bits per heavy atom. The van der Waals surface area contributed by atoms with Crippen LogP contribution in [-0.2, 0) is 11.2 Å². The zero-order chi connectivity index (χ0) is 15.9. The molecule has 0 aliphatic rings. The van der Waals surface area contributed by atoms with Gasteiger partial charge in [0.2, 0.25) is 5.91 Å². The third-order valence-electron chi connectivity index (χ3n) is 2.99. The maximum absolute atomic E-state index is 13.1. The maximum atomic E-state index is 13.1. The number of anilines is 2. The van der Waals surface area contributed by atoms with Gasteiger partial charge in [0, 0.05) is 6.54 Å². The molecule has 0 atom stereocenters. The first-order chi connectivity index (χ1) is 10.5. The van der Waals surface area contributed by atoms with Crippen molar-refractivity contribution in [3.8, 4) is 0 Å². The number of hydrogen-bond donors (Lipinski definition) is 2. The Hall–Kier alpha value is -2.43. The van der Waals surface area contributed by atoms with Crippen molar-refractivity contribution >= 4 is 17.4 Å². The molecule has 22 heavy (non-hydrogen) atoms. The van der Waals surface area contributed by atoms with Crippen LogP contribution in [0.2, 0.25) is 0 Å². The first-order valence-corrected chi connectivity index (χ1v) is 7.27. The van der Waals surface area contributed by atoms with Crippen LogP contribution in [0.4, 0.5) is 15.9 Å². The molecule has 2 N–H and O–H groups in total. The number of carbonyl (C=O) groups is 1. The fraction of sp³-hybridized carbons (Fsp3) is 0.294. The molecule has 1 amide bonds. The second kappa shape index (κ2) is 7.54. The van der Waals surface area contributed by atoms with Crippen LogP contribution < -0.4 is 10.6 Å². The topological polar surface area (TPSA) is 54.0 Å². The highest BCUT2D eigenvalue weighted by Crippen LogP contribution is 2.11. The third kappa shape index (κ3) is 5.16. The van der Waals surface area contributed by atoms with Crippen molar-refractivity contribution in [1.82, 2.24) is 4.98 Å². The van der Waals surface area contributed by atoms with E-state index in [9.17, 15) is 9.18 Å². The summed E-state index contributed by atoms with van der Waals surface area (Å²) in [6, 6.07) is 9.64. The summed E-state index contributed by atoms with van der Waals surface area (Å²) >= 11 is 0. The van der Waals surface area contributed by atoms with E-state index in [2.05, 4.69) is 29.5 Å². The van der Waals surface area contributed by atoms with Gasteiger partial charge in [-0.05, 0) is 35.7 Å². The van der Waals surface area contributed by atoms with E-state index in [0.717, 1.165) is 12.4 Å². The molecule has 0 saturated carbocycles. The number of pyridine rings is 1. The van der Waals surface area contributed by atoms with E-state index in [1.54, 1.807) is 24.4 Å². The molecule has 0 spiro atoms. The lowest BCUT2D eigenvalue weighted by Crippen LogP contribution is -2.15. The minimum Gasteiger partial charge on any atom is -0.370 e. The van der Waals surface area contributed by atoms with Crippen molar-refractivity contribution < 1.29 is 9.18 Å². The van der Waals surface area contributed by atoms with E-state index < -0.39 is 0 Å². The summed E-state index contributed by atoms with van der Waals surface area (Å²) in [6.45, 7) is 5.08. The monoisotopic (exact) mass is 301 g/mol. The first-order valence-electron chi connectivity index (χ1n) is 7.27. The van der Waals surface area contributed by atoms with Gasteiger partial charge in [0.15, 0.2) is 0 Å². The lowest BCUT2D eigenvalue weighted by molar-refractivity contribution is -0.115. The van der Waals surface area contributed by atoms with Gasteiger partial charge in [-0.2, -0.15) is 0 Å². The summed E-state index contributed by atoms with van der Waals surface area (Å²) in [4.78, 5) is 16.2. The highest BCUT2D eigenvalue weighted by molar-refractivity contribution is 5.92. The van der Waals surface area contributed by atoms with Gasteiger partial charge in [0.1, 0.15) is 11.6 Å². The number of amides is 1. The highest BCUT2D eigenvalue weighted by atomic mass is 19.1. The van der Waals surface area contributed by atoms with Crippen molar-refractivity contribution in [2.24, 2.45) is 5.92 Å². The first kappa shape index (κ1) is 15.9. The van der Waals surface area contributed by atoms with Crippen molar-refractivity contribution in [2.75, 3.05) is 17.2 Å². The van der Waals surface area contributed by atoms with E-state index in [4.69, 9.17) is 0 Å². The number of halogens is 1. The molecule has 2 rings (SSSR count). The maximum Gasteiger partial charge on any atom is 0.228 e. The number of hydrogen-bond acceptors (Lipinski definition) is 3. The highest BCUT2D eigenvalue weighted by Gasteiger charge is 2.05. The fourth-order valence-corrected chi connectivity index (χ4v) is 1.92. The van der Waals surface area contributed by atoms with Crippen molar-refractivity contribution in [1.29, 1.82) is 0 Å². The lowest BCUT2D eigenvalue weighted by Gasteiger charge is -2.09. The SMILES string of the molecule is CC(C)CNc1ccc(NC(=O)Cc2cccc(F)c2)cn1. The molecule has 0 radical (unpaired) electrons. The minimum atomic E-state index is -0.340. The van der Waals surface area contributed by atoms with Crippen molar-refractivity contribution in [3.05, 3.63) is 54.0 Å². The Balaban J connectivity index is 1.89. The van der Waals surface area contributed by atoms with E-state index in [1.807, 2.05) is 6.07 Å². The molecule has 1 aromatic heterocycles. The Kier molecular flexibility index (Phi) is 5.47. The van der Waals surface area contributed by atoms with Crippen molar-refractivity contribution in [3.63, 3.8) is 0 Å². The standard InChI is InChI=1S/C17H20FN3O/c1-12(2)10-19-16-7-6-15(11-20-16)21-17(22)9-13-4-3-5-14(18)8-13/h3-8,11-12H,9-10H2,1-2H3,(H,19,20)(H,21,22). The zero-order valence-corrected chi connectivity index (χ0v) is 12.8. The zero-order valence-electron chi connectivity index (χ0n) is 12.8. The van der Waals surface area contributed by atoms with Gasteiger partial charge >= 0.3 is 0 Å². The van der Waals surface area contributed by atoms with Crippen LogP contribution in [0.1, 0.15) is 19.4 Å². The molecule has 116 valence electrons. The average molecular weight is 301 g/mol. The molecule has 5 heteroatoms. The molecular weight excluding hydrogens is 281 g/mol. The van der Waals surface area contributed by atoms with Crippen LogP contribution in [-0.4, -0.2) is 17.4 Å². The molecule has 4 nitrogen and oxygen atoms in total. The van der Waals surface area contributed by atoms with Crippen LogP contribution in [0.15, 0.2) is 42.6 Å². The summed E-state index contributed by atoms with van der Waals surface area (Å²) < 4.78 is 13.1. The number of benzene rings is 1. The van der Waals surface area contributed by atoms with E-state index >= 15 is 0 Å².